The quantitative estimate of drug-likeness (QED) is 0.776. The number of carbonyl (C=O) groups is 1. The third-order valence-electron chi connectivity index (χ3n) is 3.17. The van der Waals surface area contributed by atoms with Gasteiger partial charge >= 0.3 is 0 Å². The highest BCUT2D eigenvalue weighted by Gasteiger charge is 2.25. The monoisotopic (exact) mass is 335 g/mol. The second-order valence-corrected chi connectivity index (χ2v) is 7.64. The summed E-state index contributed by atoms with van der Waals surface area (Å²) in [4.78, 5) is 13.8. The number of carbonyl (C=O) groups excluding carboxylic acids is 1. The molecule has 1 aromatic rings. The Labute approximate surface area is 129 Å². The maximum Gasteiger partial charge on any atom is 0.261 e. The van der Waals surface area contributed by atoms with Crippen LogP contribution in [0.1, 0.15) is 43.1 Å². The number of nitrogens with zero attached hydrogens (tertiary/aromatic N) is 1. The van der Waals surface area contributed by atoms with Crippen molar-refractivity contribution in [1.82, 2.24) is 4.90 Å². The summed E-state index contributed by atoms with van der Waals surface area (Å²) in [5.41, 5.74) is 0.189. The molecule has 7 heteroatoms. The number of hydrogen-bond acceptors (Lipinski definition) is 3. The zero-order valence-corrected chi connectivity index (χ0v) is 14.1. The predicted molar refractivity (Wildman–Crippen MR) is 80.6 cm³/mol. The minimum absolute atomic E-state index is 0.0244. The van der Waals surface area contributed by atoms with E-state index in [0.717, 1.165) is 18.6 Å². The number of rotatable bonds is 5. The third-order valence-corrected chi connectivity index (χ3v) is 4.61. The molecule has 0 aliphatic carbocycles. The van der Waals surface area contributed by atoms with E-state index in [4.69, 9.17) is 10.7 Å². The van der Waals surface area contributed by atoms with Crippen LogP contribution in [0.5, 0.6) is 0 Å². The molecule has 0 N–H and O–H groups in total. The summed E-state index contributed by atoms with van der Waals surface area (Å²) in [5.74, 6) is -1.20. The van der Waals surface area contributed by atoms with Gasteiger partial charge in [-0.05, 0) is 44.9 Å². The van der Waals surface area contributed by atoms with Crippen LogP contribution in [0.3, 0.4) is 0 Å². The normalized spacial score (nSPS) is 11.8. The average molecular weight is 336 g/mol. The smallest absolute Gasteiger partial charge is 0.261 e. The van der Waals surface area contributed by atoms with Gasteiger partial charge < -0.3 is 4.90 Å². The van der Waals surface area contributed by atoms with Gasteiger partial charge in [-0.25, -0.2) is 12.8 Å². The fourth-order valence-corrected chi connectivity index (χ4v) is 3.33. The second kappa shape index (κ2) is 6.75. The Hall–Kier alpha value is -1.14. The van der Waals surface area contributed by atoms with Crippen molar-refractivity contribution in [2.45, 2.75) is 45.1 Å². The Morgan fingerprint density at radius 3 is 2.38 bits per heavy atom. The summed E-state index contributed by atoms with van der Waals surface area (Å²) in [6.07, 6.45) is 0.749. The lowest BCUT2D eigenvalue weighted by atomic mass is 10.1. The lowest BCUT2D eigenvalue weighted by molar-refractivity contribution is 0.0704. The van der Waals surface area contributed by atoms with Gasteiger partial charge in [-0.15, -0.1) is 0 Å². The van der Waals surface area contributed by atoms with Crippen LogP contribution in [0.2, 0.25) is 0 Å². The van der Waals surface area contributed by atoms with Crippen molar-refractivity contribution in [1.29, 1.82) is 0 Å². The standard InChI is InChI=1S/C14H19ClFNO3S/c1-5-6-17(9(2)3)14(18)12-7-11(16)8-13(10(12)4)21(15,19)20/h7-9H,5-6H2,1-4H3. The SMILES string of the molecule is CCCN(C(=O)c1cc(F)cc(S(=O)(=O)Cl)c1C)C(C)C. The Bertz CT molecular complexity index is 644. The zero-order chi connectivity index (χ0) is 16.4. The van der Waals surface area contributed by atoms with E-state index in [1.807, 2.05) is 20.8 Å². The van der Waals surface area contributed by atoms with Gasteiger partial charge in [0.1, 0.15) is 5.82 Å². The van der Waals surface area contributed by atoms with Gasteiger partial charge in [0.2, 0.25) is 0 Å². The first kappa shape index (κ1) is 17.9. The molecule has 0 atom stereocenters. The van der Waals surface area contributed by atoms with Crippen molar-refractivity contribution in [3.8, 4) is 0 Å². The Morgan fingerprint density at radius 1 is 1.38 bits per heavy atom. The van der Waals surface area contributed by atoms with E-state index in [1.54, 1.807) is 4.90 Å². The summed E-state index contributed by atoms with van der Waals surface area (Å²) >= 11 is 0. The van der Waals surface area contributed by atoms with Gasteiger partial charge in [-0.2, -0.15) is 0 Å². The summed E-state index contributed by atoms with van der Waals surface area (Å²) in [5, 5.41) is 0. The molecule has 1 amide bonds. The number of amides is 1. The predicted octanol–water partition coefficient (Wildman–Crippen LogP) is 3.32. The highest BCUT2D eigenvalue weighted by Crippen LogP contribution is 2.25. The highest BCUT2D eigenvalue weighted by molar-refractivity contribution is 8.13. The molecular formula is C14H19ClFNO3S. The molecule has 0 aromatic heterocycles. The van der Waals surface area contributed by atoms with E-state index in [0.29, 0.717) is 6.54 Å². The van der Waals surface area contributed by atoms with Gasteiger partial charge in [0, 0.05) is 28.8 Å². The van der Waals surface area contributed by atoms with Crippen molar-refractivity contribution in [2.75, 3.05) is 6.54 Å². The lowest BCUT2D eigenvalue weighted by Gasteiger charge is -2.27. The van der Waals surface area contributed by atoms with Crippen molar-refractivity contribution in [3.63, 3.8) is 0 Å². The van der Waals surface area contributed by atoms with E-state index >= 15 is 0 Å². The van der Waals surface area contributed by atoms with Crippen LogP contribution in [-0.2, 0) is 9.05 Å². The van der Waals surface area contributed by atoms with Crippen molar-refractivity contribution in [2.24, 2.45) is 0 Å². The zero-order valence-electron chi connectivity index (χ0n) is 12.5. The summed E-state index contributed by atoms with van der Waals surface area (Å²) < 4.78 is 36.6. The van der Waals surface area contributed by atoms with Crippen molar-refractivity contribution >= 4 is 25.6 Å². The molecule has 0 saturated heterocycles. The first-order chi connectivity index (χ1) is 9.59. The first-order valence-electron chi connectivity index (χ1n) is 6.65. The Kier molecular flexibility index (Phi) is 5.75. The second-order valence-electron chi connectivity index (χ2n) is 5.11. The maximum atomic E-state index is 13.7. The summed E-state index contributed by atoms with van der Waals surface area (Å²) in [6, 6.07) is 1.80. The topological polar surface area (TPSA) is 54.5 Å². The van der Waals surface area contributed by atoms with Gasteiger partial charge in [0.15, 0.2) is 0 Å². The van der Waals surface area contributed by atoms with E-state index in [9.17, 15) is 17.6 Å². The number of hydrogen-bond donors (Lipinski definition) is 0. The summed E-state index contributed by atoms with van der Waals surface area (Å²) in [7, 11) is 1.19. The van der Waals surface area contributed by atoms with Crippen LogP contribution in [0.25, 0.3) is 0 Å². The molecule has 0 spiro atoms. The van der Waals surface area contributed by atoms with E-state index in [-0.39, 0.29) is 22.1 Å². The molecule has 0 bridgehead atoms. The molecule has 1 aromatic carbocycles. The van der Waals surface area contributed by atoms with Crippen molar-refractivity contribution in [3.05, 3.63) is 29.1 Å². The van der Waals surface area contributed by atoms with Crippen LogP contribution < -0.4 is 0 Å². The fraction of sp³-hybridized carbons (Fsp3) is 0.500. The molecule has 0 saturated carbocycles. The van der Waals surface area contributed by atoms with Crippen LogP contribution in [-0.4, -0.2) is 31.8 Å². The molecule has 0 fully saturated rings. The largest absolute Gasteiger partial charge is 0.336 e. The molecule has 118 valence electrons. The highest BCUT2D eigenvalue weighted by atomic mass is 35.7. The molecular weight excluding hydrogens is 317 g/mol. The molecule has 1 rings (SSSR count). The van der Waals surface area contributed by atoms with E-state index in [1.165, 1.54) is 6.92 Å². The Morgan fingerprint density at radius 2 is 1.95 bits per heavy atom. The first-order valence-corrected chi connectivity index (χ1v) is 8.96. The molecule has 0 aliphatic rings. The molecule has 0 aliphatic heterocycles. The van der Waals surface area contributed by atoms with Crippen LogP contribution in [0.15, 0.2) is 17.0 Å². The molecule has 4 nitrogen and oxygen atoms in total. The maximum absolute atomic E-state index is 13.7. The van der Waals surface area contributed by atoms with Gasteiger partial charge in [0.25, 0.3) is 15.0 Å². The summed E-state index contributed by atoms with van der Waals surface area (Å²) in [6.45, 7) is 7.58. The van der Waals surface area contributed by atoms with Crippen LogP contribution >= 0.6 is 10.7 Å². The van der Waals surface area contributed by atoms with Gasteiger partial charge in [0.05, 0.1) is 4.90 Å². The molecule has 0 unspecified atom stereocenters. The van der Waals surface area contributed by atoms with E-state index in [2.05, 4.69) is 0 Å². The minimum atomic E-state index is -4.11. The van der Waals surface area contributed by atoms with E-state index < -0.39 is 20.8 Å². The fourth-order valence-electron chi connectivity index (χ4n) is 2.12. The number of benzene rings is 1. The lowest BCUT2D eigenvalue weighted by Crippen LogP contribution is -2.38. The Balaban J connectivity index is 3.43. The van der Waals surface area contributed by atoms with Gasteiger partial charge in [-0.1, -0.05) is 6.92 Å². The van der Waals surface area contributed by atoms with Crippen molar-refractivity contribution < 1.29 is 17.6 Å². The molecule has 0 radical (unpaired) electrons. The van der Waals surface area contributed by atoms with Crippen LogP contribution in [0, 0.1) is 12.7 Å². The minimum Gasteiger partial charge on any atom is -0.336 e. The third kappa shape index (κ3) is 4.17. The van der Waals surface area contributed by atoms with Gasteiger partial charge in [-0.3, -0.25) is 4.79 Å². The van der Waals surface area contributed by atoms with Crippen LogP contribution in [0.4, 0.5) is 4.39 Å². The number of halogens is 2. The molecule has 0 heterocycles. The molecule has 21 heavy (non-hydrogen) atoms. The average Bonchev–Trinajstić information content (AvgIpc) is 2.35.